The third-order valence-electron chi connectivity index (χ3n) is 3.45. The number of rotatable bonds is 4. The average Bonchev–Trinajstić information content (AvgIpc) is 2.53. The van der Waals surface area contributed by atoms with E-state index in [1.165, 1.54) is 0 Å². The Labute approximate surface area is 129 Å². The summed E-state index contributed by atoms with van der Waals surface area (Å²) in [6, 6.07) is 8.10. The van der Waals surface area contributed by atoms with Crippen molar-refractivity contribution in [3.8, 4) is 11.5 Å². The standard InChI is InChI=1S/C16H17ClN2O2/c1-11(13-3-2-4-18-10-13)19-9-12-7-14(17)16-15(8-12)20-5-6-21-16/h2-4,7-8,10-11,19H,5-6,9H2,1H3/t11-/m0/s1. The van der Waals surface area contributed by atoms with Crippen molar-refractivity contribution in [3.63, 3.8) is 0 Å². The van der Waals surface area contributed by atoms with E-state index in [1.807, 2.05) is 24.4 Å². The summed E-state index contributed by atoms with van der Waals surface area (Å²) in [7, 11) is 0. The number of hydrogen-bond donors (Lipinski definition) is 1. The van der Waals surface area contributed by atoms with Crippen molar-refractivity contribution in [3.05, 3.63) is 52.8 Å². The lowest BCUT2D eigenvalue weighted by atomic mass is 10.1. The highest BCUT2D eigenvalue weighted by Crippen LogP contribution is 2.38. The molecule has 1 aliphatic heterocycles. The number of pyridine rings is 1. The third kappa shape index (κ3) is 3.28. The predicted octanol–water partition coefficient (Wildman–Crippen LogP) is 3.36. The highest BCUT2D eigenvalue weighted by Gasteiger charge is 2.16. The van der Waals surface area contributed by atoms with Gasteiger partial charge in [-0.2, -0.15) is 0 Å². The molecule has 0 amide bonds. The van der Waals surface area contributed by atoms with Crippen LogP contribution in [0.15, 0.2) is 36.7 Å². The number of hydrogen-bond acceptors (Lipinski definition) is 4. The topological polar surface area (TPSA) is 43.4 Å². The third-order valence-corrected chi connectivity index (χ3v) is 3.73. The lowest BCUT2D eigenvalue weighted by molar-refractivity contribution is 0.171. The van der Waals surface area contributed by atoms with Crippen molar-refractivity contribution in [2.24, 2.45) is 0 Å². The molecule has 1 N–H and O–H groups in total. The number of fused-ring (bicyclic) bond motifs is 1. The first-order chi connectivity index (χ1) is 10.2. The molecule has 0 saturated carbocycles. The van der Waals surface area contributed by atoms with Gasteiger partial charge in [0.25, 0.3) is 0 Å². The predicted molar refractivity (Wildman–Crippen MR) is 81.9 cm³/mol. The number of ether oxygens (including phenoxy) is 2. The van der Waals surface area contributed by atoms with Crippen LogP contribution in [0.3, 0.4) is 0 Å². The van der Waals surface area contributed by atoms with Crippen LogP contribution < -0.4 is 14.8 Å². The van der Waals surface area contributed by atoms with Gasteiger partial charge in [0.05, 0.1) is 5.02 Å². The van der Waals surface area contributed by atoms with Gasteiger partial charge in [-0.1, -0.05) is 17.7 Å². The Morgan fingerprint density at radius 2 is 2.19 bits per heavy atom. The molecule has 1 aromatic carbocycles. The highest BCUT2D eigenvalue weighted by molar-refractivity contribution is 6.32. The maximum absolute atomic E-state index is 6.24. The monoisotopic (exact) mass is 304 g/mol. The summed E-state index contributed by atoms with van der Waals surface area (Å²) in [4.78, 5) is 4.13. The van der Waals surface area contributed by atoms with Crippen LogP contribution in [0.1, 0.15) is 24.1 Å². The minimum Gasteiger partial charge on any atom is -0.486 e. The van der Waals surface area contributed by atoms with E-state index in [9.17, 15) is 0 Å². The zero-order chi connectivity index (χ0) is 14.7. The molecule has 2 heterocycles. The van der Waals surface area contributed by atoms with Crippen LogP contribution in [-0.4, -0.2) is 18.2 Å². The molecule has 110 valence electrons. The van der Waals surface area contributed by atoms with Crippen LogP contribution in [0.4, 0.5) is 0 Å². The Morgan fingerprint density at radius 1 is 1.33 bits per heavy atom. The molecular formula is C16H17ClN2O2. The molecule has 1 aromatic heterocycles. The van der Waals surface area contributed by atoms with Gasteiger partial charge in [0.1, 0.15) is 13.2 Å². The van der Waals surface area contributed by atoms with Crippen molar-refractivity contribution in [2.75, 3.05) is 13.2 Å². The Balaban J connectivity index is 1.69. The second-order valence-corrected chi connectivity index (χ2v) is 5.40. The highest BCUT2D eigenvalue weighted by atomic mass is 35.5. The fourth-order valence-electron chi connectivity index (χ4n) is 2.29. The van der Waals surface area contributed by atoms with Crippen molar-refractivity contribution in [1.29, 1.82) is 0 Å². The molecule has 2 aromatic rings. The molecular weight excluding hydrogens is 288 g/mol. The minimum absolute atomic E-state index is 0.214. The first-order valence-electron chi connectivity index (χ1n) is 6.95. The maximum atomic E-state index is 6.24. The van der Waals surface area contributed by atoms with Gasteiger partial charge in [-0.3, -0.25) is 4.98 Å². The Hall–Kier alpha value is -1.78. The molecule has 0 fully saturated rings. The summed E-state index contributed by atoms with van der Waals surface area (Å²) in [5.41, 5.74) is 2.22. The van der Waals surface area contributed by atoms with Gasteiger partial charge in [0.2, 0.25) is 0 Å². The van der Waals surface area contributed by atoms with Crippen LogP contribution in [0, 0.1) is 0 Å². The van der Waals surface area contributed by atoms with Gasteiger partial charge in [-0.15, -0.1) is 0 Å². The smallest absolute Gasteiger partial charge is 0.179 e. The zero-order valence-electron chi connectivity index (χ0n) is 11.8. The second-order valence-electron chi connectivity index (χ2n) is 4.99. The Morgan fingerprint density at radius 3 is 3.00 bits per heavy atom. The van der Waals surface area contributed by atoms with E-state index in [-0.39, 0.29) is 6.04 Å². The summed E-state index contributed by atoms with van der Waals surface area (Å²) in [5.74, 6) is 1.37. The van der Waals surface area contributed by atoms with Gasteiger partial charge in [-0.25, -0.2) is 0 Å². The van der Waals surface area contributed by atoms with Crippen LogP contribution in [0.2, 0.25) is 5.02 Å². The van der Waals surface area contributed by atoms with Crippen LogP contribution in [0.5, 0.6) is 11.5 Å². The average molecular weight is 305 g/mol. The zero-order valence-corrected chi connectivity index (χ0v) is 12.6. The summed E-state index contributed by atoms with van der Waals surface area (Å²) in [5, 5.41) is 4.05. The molecule has 5 heteroatoms. The normalized spacial score (nSPS) is 14.8. The Kier molecular flexibility index (Phi) is 4.27. The number of nitrogens with zero attached hydrogens (tertiary/aromatic N) is 1. The van der Waals surface area contributed by atoms with Gasteiger partial charge < -0.3 is 14.8 Å². The van der Waals surface area contributed by atoms with E-state index < -0.39 is 0 Å². The largest absolute Gasteiger partial charge is 0.486 e. The van der Waals surface area contributed by atoms with Crippen LogP contribution in [-0.2, 0) is 6.54 Å². The van der Waals surface area contributed by atoms with Gasteiger partial charge in [0.15, 0.2) is 11.5 Å². The quantitative estimate of drug-likeness (QED) is 0.940. The molecule has 4 nitrogen and oxygen atoms in total. The van der Waals surface area contributed by atoms with E-state index in [0.717, 1.165) is 16.9 Å². The van der Waals surface area contributed by atoms with E-state index >= 15 is 0 Å². The summed E-state index contributed by atoms with van der Waals surface area (Å²) < 4.78 is 11.1. The van der Waals surface area contributed by atoms with Gasteiger partial charge >= 0.3 is 0 Å². The van der Waals surface area contributed by atoms with Gasteiger partial charge in [0, 0.05) is 25.0 Å². The number of benzene rings is 1. The van der Waals surface area contributed by atoms with Crippen LogP contribution in [0.25, 0.3) is 0 Å². The van der Waals surface area contributed by atoms with Crippen molar-refractivity contribution in [1.82, 2.24) is 10.3 Å². The molecule has 0 bridgehead atoms. The van der Waals surface area contributed by atoms with E-state index in [2.05, 4.69) is 23.3 Å². The van der Waals surface area contributed by atoms with E-state index in [4.69, 9.17) is 21.1 Å². The molecule has 21 heavy (non-hydrogen) atoms. The number of aromatic nitrogens is 1. The number of nitrogens with one attached hydrogen (secondary N) is 1. The molecule has 3 rings (SSSR count). The number of halogens is 1. The fraction of sp³-hybridized carbons (Fsp3) is 0.312. The molecule has 1 atom stereocenters. The SMILES string of the molecule is C[C@H](NCc1cc(Cl)c2c(c1)OCCO2)c1cccnc1. The molecule has 0 unspecified atom stereocenters. The van der Waals surface area contributed by atoms with Gasteiger partial charge in [-0.05, 0) is 36.2 Å². The lowest BCUT2D eigenvalue weighted by Gasteiger charge is -2.21. The van der Waals surface area contributed by atoms with Crippen molar-refractivity contribution < 1.29 is 9.47 Å². The molecule has 1 aliphatic rings. The van der Waals surface area contributed by atoms with Crippen molar-refractivity contribution >= 4 is 11.6 Å². The lowest BCUT2D eigenvalue weighted by Crippen LogP contribution is -2.19. The van der Waals surface area contributed by atoms with E-state index in [1.54, 1.807) is 6.20 Å². The minimum atomic E-state index is 0.214. The fourth-order valence-corrected chi connectivity index (χ4v) is 2.58. The first-order valence-corrected chi connectivity index (χ1v) is 7.33. The summed E-state index contributed by atoms with van der Waals surface area (Å²) in [6.07, 6.45) is 3.64. The van der Waals surface area contributed by atoms with Crippen molar-refractivity contribution in [2.45, 2.75) is 19.5 Å². The summed E-state index contributed by atoms with van der Waals surface area (Å²) in [6.45, 7) is 3.91. The van der Waals surface area contributed by atoms with E-state index in [0.29, 0.717) is 30.5 Å². The van der Waals surface area contributed by atoms with Crippen LogP contribution >= 0.6 is 11.6 Å². The molecule has 0 radical (unpaired) electrons. The Bertz CT molecular complexity index is 619. The molecule has 0 saturated heterocycles. The molecule has 0 spiro atoms. The molecule has 0 aliphatic carbocycles. The first kappa shape index (κ1) is 14.2. The second kappa shape index (κ2) is 6.33. The summed E-state index contributed by atoms with van der Waals surface area (Å²) >= 11 is 6.24. The maximum Gasteiger partial charge on any atom is 0.179 e.